The minimum atomic E-state index is 0.0249. The van der Waals surface area contributed by atoms with Crippen molar-refractivity contribution in [1.82, 2.24) is 10.3 Å². The number of pyridine rings is 1. The van der Waals surface area contributed by atoms with Gasteiger partial charge in [-0.2, -0.15) is 0 Å². The fraction of sp³-hybridized carbons (Fsp3) is 0.500. The molecule has 0 aliphatic heterocycles. The van der Waals surface area contributed by atoms with Gasteiger partial charge in [0.2, 0.25) is 0 Å². The van der Waals surface area contributed by atoms with Crippen LogP contribution < -0.4 is 11.1 Å². The molecule has 0 saturated heterocycles. The molecule has 0 radical (unpaired) electrons. The second-order valence-electron chi connectivity index (χ2n) is 4.06. The molecule has 0 spiro atoms. The maximum atomic E-state index is 8.69. The zero-order valence-corrected chi connectivity index (χ0v) is 10.8. The molecule has 0 aliphatic carbocycles. The molecule has 6 nitrogen and oxygen atoms in total. The van der Waals surface area contributed by atoms with Crippen molar-refractivity contribution >= 4 is 5.84 Å². The fourth-order valence-electron chi connectivity index (χ4n) is 1.54. The second-order valence-corrected chi connectivity index (χ2v) is 4.06. The highest BCUT2D eigenvalue weighted by molar-refractivity contribution is 5.96. The molecule has 0 aromatic carbocycles. The molecule has 4 N–H and O–H groups in total. The molecule has 0 amide bonds. The number of hydrogen-bond donors (Lipinski definition) is 3. The van der Waals surface area contributed by atoms with Crippen LogP contribution in [0.4, 0.5) is 0 Å². The van der Waals surface area contributed by atoms with Gasteiger partial charge in [-0.3, -0.25) is 4.98 Å². The molecule has 0 saturated carbocycles. The molecule has 1 atom stereocenters. The van der Waals surface area contributed by atoms with Gasteiger partial charge in [0.15, 0.2) is 5.84 Å². The first kappa shape index (κ1) is 14.4. The smallest absolute Gasteiger partial charge is 0.189 e. The van der Waals surface area contributed by atoms with Crippen LogP contribution in [0.1, 0.15) is 24.6 Å². The summed E-state index contributed by atoms with van der Waals surface area (Å²) in [5.41, 5.74) is 6.98. The predicted octanol–water partition coefficient (Wildman–Crippen LogP) is 0.691. The maximum Gasteiger partial charge on any atom is 0.189 e. The van der Waals surface area contributed by atoms with E-state index in [9.17, 15) is 0 Å². The molecular formula is C12H20N4O2. The van der Waals surface area contributed by atoms with E-state index in [1.165, 1.54) is 0 Å². The lowest BCUT2D eigenvalue weighted by atomic mass is 10.1. The monoisotopic (exact) mass is 252 g/mol. The lowest BCUT2D eigenvalue weighted by Crippen LogP contribution is -2.28. The Balaban J connectivity index is 2.62. The van der Waals surface area contributed by atoms with Gasteiger partial charge in [-0.1, -0.05) is 11.2 Å². The van der Waals surface area contributed by atoms with Crippen LogP contribution in [0.15, 0.2) is 23.5 Å². The SMILES string of the molecule is COCCC(C)NCc1cccnc1C(N)=NO. The first-order valence-electron chi connectivity index (χ1n) is 5.83. The Morgan fingerprint density at radius 1 is 1.67 bits per heavy atom. The number of hydrogen-bond acceptors (Lipinski definition) is 5. The number of nitrogens with one attached hydrogen (secondary N) is 1. The molecule has 1 unspecified atom stereocenters. The van der Waals surface area contributed by atoms with E-state index in [2.05, 4.69) is 22.4 Å². The van der Waals surface area contributed by atoms with Gasteiger partial charge in [0, 0.05) is 32.5 Å². The Morgan fingerprint density at radius 2 is 2.44 bits per heavy atom. The number of aromatic nitrogens is 1. The molecule has 1 aromatic heterocycles. The molecule has 6 heteroatoms. The molecular weight excluding hydrogens is 232 g/mol. The van der Waals surface area contributed by atoms with Crippen LogP contribution in [0, 0.1) is 0 Å². The van der Waals surface area contributed by atoms with Gasteiger partial charge in [0.25, 0.3) is 0 Å². The molecule has 0 aliphatic rings. The van der Waals surface area contributed by atoms with Crippen molar-refractivity contribution in [3.05, 3.63) is 29.6 Å². The van der Waals surface area contributed by atoms with Crippen molar-refractivity contribution in [3.63, 3.8) is 0 Å². The number of ether oxygens (including phenoxy) is 1. The lowest BCUT2D eigenvalue weighted by Gasteiger charge is -2.14. The first-order valence-corrected chi connectivity index (χ1v) is 5.83. The molecule has 1 rings (SSSR count). The van der Waals surface area contributed by atoms with Gasteiger partial charge in [-0.25, -0.2) is 0 Å². The van der Waals surface area contributed by atoms with Crippen LogP contribution in [0.5, 0.6) is 0 Å². The van der Waals surface area contributed by atoms with Crippen LogP contribution >= 0.6 is 0 Å². The minimum absolute atomic E-state index is 0.0249. The van der Waals surface area contributed by atoms with Crippen LogP contribution in [0.3, 0.4) is 0 Å². The van der Waals surface area contributed by atoms with Gasteiger partial charge in [0.05, 0.1) is 0 Å². The third-order valence-electron chi connectivity index (χ3n) is 2.64. The molecule has 1 heterocycles. The summed E-state index contributed by atoms with van der Waals surface area (Å²) in [6.07, 6.45) is 2.54. The predicted molar refractivity (Wildman–Crippen MR) is 69.5 cm³/mol. The number of rotatable bonds is 7. The van der Waals surface area contributed by atoms with E-state index in [4.69, 9.17) is 15.7 Å². The quantitative estimate of drug-likeness (QED) is 0.287. The largest absolute Gasteiger partial charge is 0.409 e. The van der Waals surface area contributed by atoms with Gasteiger partial charge < -0.3 is 21.0 Å². The molecule has 0 bridgehead atoms. The Kier molecular flexibility index (Phi) is 6.10. The van der Waals surface area contributed by atoms with Gasteiger partial charge in [-0.15, -0.1) is 0 Å². The Morgan fingerprint density at radius 3 is 3.11 bits per heavy atom. The Labute approximate surface area is 107 Å². The van der Waals surface area contributed by atoms with Crippen molar-refractivity contribution in [2.75, 3.05) is 13.7 Å². The zero-order valence-electron chi connectivity index (χ0n) is 10.8. The highest BCUT2D eigenvalue weighted by Crippen LogP contribution is 2.05. The van der Waals surface area contributed by atoms with Crippen LogP contribution in [-0.2, 0) is 11.3 Å². The number of oxime groups is 1. The Bertz CT molecular complexity index is 395. The lowest BCUT2D eigenvalue weighted by molar-refractivity contribution is 0.184. The van der Waals surface area contributed by atoms with E-state index in [0.717, 1.165) is 12.0 Å². The standard InChI is InChI=1S/C12H20N4O2/c1-9(5-7-18-2)15-8-10-4-3-6-14-11(10)12(13)16-17/h3-4,6,9,15,17H,5,7-8H2,1-2H3,(H2,13,16). The summed E-state index contributed by atoms with van der Waals surface area (Å²) in [6.45, 7) is 3.41. The van der Waals surface area contributed by atoms with Gasteiger partial charge in [-0.05, 0) is 25.0 Å². The summed E-state index contributed by atoms with van der Waals surface area (Å²) in [7, 11) is 1.68. The summed E-state index contributed by atoms with van der Waals surface area (Å²) in [6, 6.07) is 4.05. The maximum absolute atomic E-state index is 8.69. The number of nitrogens with two attached hydrogens (primary N) is 1. The van der Waals surface area contributed by atoms with Crippen molar-refractivity contribution in [3.8, 4) is 0 Å². The summed E-state index contributed by atoms with van der Waals surface area (Å²) in [5, 5.41) is 15.0. The summed E-state index contributed by atoms with van der Waals surface area (Å²) >= 11 is 0. The number of methoxy groups -OCH3 is 1. The summed E-state index contributed by atoms with van der Waals surface area (Å²) in [5.74, 6) is 0.0249. The molecule has 1 aromatic rings. The summed E-state index contributed by atoms with van der Waals surface area (Å²) < 4.78 is 5.02. The van der Waals surface area contributed by atoms with E-state index < -0.39 is 0 Å². The summed E-state index contributed by atoms with van der Waals surface area (Å²) in [4.78, 5) is 4.11. The van der Waals surface area contributed by atoms with Gasteiger partial charge in [0.1, 0.15) is 5.69 Å². The first-order chi connectivity index (χ1) is 8.69. The highest BCUT2D eigenvalue weighted by Gasteiger charge is 2.09. The normalized spacial score (nSPS) is 13.6. The van der Waals surface area contributed by atoms with Gasteiger partial charge >= 0.3 is 0 Å². The number of nitrogens with zero attached hydrogens (tertiary/aromatic N) is 2. The van der Waals surface area contributed by atoms with Crippen molar-refractivity contribution in [1.29, 1.82) is 0 Å². The topological polar surface area (TPSA) is 92.8 Å². The van der Waals surface area contributed by atoms with Crippen molar-refractivity contribution in [2.24, 2.45) is 10.9 Å². The molecule has 100 valence electrons. The average Bonchev–Trinajstić information content (AvgIpc) is 2.42. The van der Waals surface area contributed by atoms with E-state index in [0.29, 0.717) is 24.9 Å². The molecule has 18 heavy (non-hydrogen) atoms. The highest BCUT2D eigenvalue weighted by atomic mass is 16.5. The third-order valence-corrected chi connectivity index (χ3v) is 2.64. The third kappa shape index (κ3) is 4.31. The van der Waals surface area contributed by atoms with Crippen molar-refractivity contribution < 1.29 is 9.94 Å². The van der Waals surface area contributed by atoms with E-state index in [-0.39, 0.29) is 5.84 Å². The van der Waals surface area contributed by atoms with Crippen LogP contribution in [-0.4, -0.2) is 35.8 Å². The average molecular weight is 252 g/mol. The van der Waals surface area contributed by atoms with E-state index >= 15 is 0 Å². The van der Waals surface area contributed by atoms with Crippen LogP contribution in [0.2, 0.25) is 0 Å². The van der Waals surface area contributed by atoms with E-state index in [1.54, 1.807) is 13.3 Å². The fourth-order valence-corrected chi connectivity index (χ4v) is 1.54. The molecule has 0 fully saturated rings. The Hall–Kier alpha value is -1.66. The van der Waals surface area contributed by atoms with Crippen LogP contribution in [0.25, 0.3) is 0 Å². The zero-order chi connectivity index (χ0) is 13.4. The number of amidine groups is 1. The second kappa shape index (κ2) is 7.62. The minimum Gasteiger partial charge on any atom is -0.409 e. The van der Waals surface area contributed by atoms with Crippen molar-refractivity contribution in [2.45, 2.75) is 25.9 Å². The van der Waals surface area contributed by atoms with E-state index in [1.807, 2.05) is 12.1 Å².